The quantitative estimate of drug-likeness (QED) is 0.293. The van der Waals surface area contributed by atoms with Gasteiger partial charge in [-0.2, -0.15) is 0 Å². The number of aromatic carboxylic acids is 1. The molecule has 0 spiro atoms. The van der Waals surface area contributed by atoms with Gasteiger partial charge in [0, 0.05) is 17.1 Å². The minimum Gasteiger partial charge on any atom is -0.479 e. The van der Waals surface area contributed by atoms with Gasteiger partial charge < -0.3 is 24.6 Å². The Kier molecular flexibility index (Phi) is 8.57. The van der Waals surface area contributed by atoms with E-state index in [1.165, 1.54) is 29.8 Å². The molecule has 0 atom stereocenters. The van der Waals surface area contributed by atoms with E-state index in [9.17, 15) is 14.4 Å². The Labute approximate surface area is 219 Å². The summed E-state index contributed by atoms with van der Waals surface area (Å²) in [5.74, 6) is -1.88. The number of rotatable bonds is 9. The smallest absolute Gasteiger partial charge is 0.351 e. The molecule has 8 nitrogen and oxygen atoms in total. The monoisotopic (exact) mass is 581 g/mol. The number of esters is 2. The number of benzene rings is 1. The first-order valence-corrected chi connectivity index (χ1v) is 12.8. The minimum atomic E-state index is -0.947. The van der Waals surface area contributed by atoms with E-state index < -0.39 is 23.5 Å². The van der Waals surface area contributed by atoms with Crippen LogP contribution in [0.4, 0.5) is 5.69 Å². The van der Waals surface area contributed by atoms with Crippen molar-refractivity contribution in [1.29, 1.82) is 0 Å². The lowest BCUT2D eigenvalue weighted by molar-refractivity contribution is -0.157. The van der Waals surface area contributed by atoms with Crippen LogP contribution < -0.4 is 10.1 Å². The molecular formula is C24H24BrNO7S2. The fraction of sp³-hybridized carbons (Fsp3) is 0.292. The van der Waals surface area contributed by atoms with Crippen LogP contribution in [0.25, 0.3) is 10.4 Å². The summed E-state index contributed by atoms with van der Waals surface area (Å²) >= 11 is 5.90. The van der Waals surface area contributed by atoms with E-state index in [1.54, 1.807) is 32.9 Å². The van der Waals surface area contributed by atoms with Crippen LogP contribution in [0, 0.1) is 0 Å². The predicted molar refractivity (Wildman–Crippen MR) is 139 cm³/mol. The Hall–Kier alpha value is -2.89. The van der Waals surface area contributed by atoms with Crippen LogP contribution in [0.3, 0.4) is 0 Å². The molecule has 2 N–H and O–H groups in total. The number of hydrogen-bond donors (Lipinski definition) is 2. The number of carboxylic acids is 1. The standard InChI is InChI=1S/C24H24BrNO7S2/c1-24(2,3)33-17(27)12-32-19-18(25)20(35-21(19)23(30)31-4)13-6-5-7-14(10-13)26-11-15-8-9-16(34-15)22(28)29/h5-10,26H,11-12H2,1-4H3,(H,28,29). The maximum atomic E-state index is 12.4. The van der Waals surface area contributed by atoms with Gasteiger partial charge in [-0.05, 0) is 66.5 Å². The Balaban J connectivity index is 1.82. The zero-order valence-corrected chi connectivity index (χ0v) is 22.7. The third kappa shape index (κ3) is 7.06. The molecule has 0 aliphatic rings. The van der Waals surface area contributed by atoms with Crippen molar-refractivity contribution < 1.29 is 33.7 Å². The second-order valence-corrected chi connectivity index (χ2v) is 11.3. The molecule has 3 rings (SSSR count). The van der Waals surface area contributed by atoms with Gasteiger partial charge in [0.05, 0.1) is 16.5 Å². The lowest BCUT2D eigenvalue weighted by atomic mass is 10.1. The molecule has 0 bridgehead atoms. The molecule has 2 heterocycles. The van der Waals surface area contributed by atoms with Crippen molar-refractivity contribution in [3.63, 3.8) is 0 Å². The SMILES string of the molecule is COC(=O)c1sc(-c2cccc(NCc3ccc(C(=O)O)s3)c2)c(Br)c1OCC(=O)OC(C)(C)C. The highest BCUT2D eigenvalue weighted by molar-refractivity contribution is 9.10. The first kappa shape index (κ1) is 26.7. The summed E-state index contributed by atoms with van der Waals surface area (Å²) in [6, 6.07) is 10.9. The minimum absolute atomic E-state index is 0.209. The summed E-state index contributed by atoms with van der Waals surface area (Å²) < 4.78 is 16.4. The van der Waals surface area contributed by atoms with Gasteiger partial charge in [-0.25, -0.2) is 14.4 Å². The van der Waals surface area contributed by atoms with Crippen LogP contribution in [0.1, 0.15) is 45.0 Å². The van der Waals surface area contributed by atoms with Crippen molar-refractivity contribution in [2.24, 2.45) is 0 Å². The van der Waals surface area contributed by atoms with Gasteiger partial charge in [-0.3, -0.25) is 0 Å². The van der Waals surface area contributed by atoms with E-state index in [2.05, 4.69) is 21.2 Å². The molecule has 0 fully saturated rings. The molecule has 1 aromatic carbocycles. The largest absolute Gasteiger partial charge is 0.479 e. The van der Waals surface area contributed by atoms with E-state index in [4.69, 9.17) is 19.3 Å². The molecule has 0 radical (unpaired) electrons. The molecule has 0 saturated carbocycles. The van der Waals surface area contributed by atoms with Crippen LogP contribution in [-0.4, -0.2) is 42.3 Å². The third-order valence-electron chi connectivity index (χ3n) is 4.40. The number of nitrogens with one attached hydrogen (secondary N) is 1. The van der Waals surface area contributed by atoms with Crippen LogP contribution in [0.5, 0.6) is 5.75 Å². The lowest BCUT2D eigenvalue weighted by Crippen LogP contribution is -2.27. The van der Waals surface area contributed by atoms with E-state index in [-0.39, 0.29) is 22.1 Å². The molecule has 0 amide bonds. The average Bonchev–Trinajstić information content (AvgIpc) is 3.40. The van der Waals surface area contributed by atoms with Gasteiger partial charge in [0.15, 0.2) is 17.2 Å². The van der Waals surface area contributed by atoms with Crippen LogP contribution in [-0.2, 0) is 20.8 Å². The highest BCUT2D eigenvalue weighted by atomic mass is 79.9. The molecule has 0 saturated heterocycles. The molecule has 0 aliphatic heterocycles. The van der Waals surface area contributed by atoms with Crippen molar-refractivity contribution in [3.05, 3.63) is 55.5 Å². The van der Waals surface area contributed by atoms with E-state index in [0.29, 0.717) is 11.0 Å². The number of hydrogen-bond acceptors (Lipinski definition) is 9. The zero-order valence-electron chi connectivity index (χ0n) is 19.5. The van der Waals surface area contributed by atoms with Crippen LogP contribution in [0.2, 0.25) is 0 Å². The number of methoxy groups -OCH3 is 1. The second kappa shape index (κ2) is 11.2. The Morgan fingerprint density at radius 2 is 1.86 bits per heavy atom. The van der Waals surface area contributed by atoms with E-state index >= 15 is 0 Å². The number of carbonyl (C=O) groups is 3. The Morgan fingerprint density at radius 3 is 2.49 bits per heavy atom. The number of carbonyl (C=O) groups excluding carboxylic acids is 2. The van der Waals surface area contributed by atoms with E-state index in [0.717, 1.165) is 21.0 Å². The summed E-state index contributed by atoms with van der Waals surface area (Å²) in [6.07, 6.45) is 0. The van der Waals surface area contributed by atoms with E-state index in [1.807, 2.05) is 24.3 Å². The second-order valence-electron chi connectivity index (χ2n) is 8.28. The molecule has 3 aromatic rings. The van der Waals surface area contributed by atoms with Crippen molar-refractivity contribution in [1.82, 2.24) is 0 Å². The Bertz CT molecular complexity index is 1240. The van der Waals surface area contributed by atoms with Crippen molar-refractivity contribution in [2.75, 3.05) is 19.0 Å². The maximum Gasteiger partial charge on any atom is 0.351 e. The normalized spacial score (nSPS) is 11.1. The first-order valence-electron chi connectivity index (χ1n) is 10.4. The molecule has 186 valence electrons. The molecular weight excluding hydrogens is 558 g/mol. The van der Waals surface area contributed by atoms with Gasteiger partial charge >= 0.3 is 17.9 Å². The third-order valence-corrected chi connectivity index (χ3v) is 7.69. The number of ether oxygens (including phenoxy) is 3. The highest BCUT2D eigenvalue weighted by Gasteiger charge is 2.26. The topological polar surface area (TPSA) is 111 Å². The summed E-state index contributed by atoms with van der Waals surface area (Å²) in [5.41, 5.74) is 0.958. The summed E-state index contributed by atoms with van der Waals surface area (Å²) in [7, 11) is 1.28. The van der Waals surface area contributed by atoms with Gasteiger partial charge in [0.2, 0.25) is 0 Å². The fourth-order valence-electron chi connectivity index (χ4n) is 2.99. The highest BCUT2D eigenvalue weighted by Crippen LogP contribution is 2.46. The van der Waals surface area contributed by atoms with Crippen molar-refractivity contribution in [3.8, 4) is 16.2 Å². The van der Waals surface area contributed by atoms with Gasteiger partial charge in [0.1, 0.15) is 10.5 Å². The summed E-state index contributed by atoms with van der Waals surface area (Å²) in [4.78, 5) is 37.7. The molecule has 0 aliphatic carbocycles. The van der Waals surface area contributed by atoms with Crippen LogP contribution in [0.15, 0.2) is 40.9 Å². The summed E-state index contributed by atoms with van der Waals surface area (Å²) in [6.45, 7) is 5.37. The molecule has 2 aromatic heterocycles. The Morgan fingerprint density at radius 1 is 1.11 bits per heavy atom. The average molecular weight is 582 g/mol. The van der Waals surface area contributed by atoms with Crippen molar-refractivity contribution >= 4 is 62.2 Å². The molecule has 11 heteroatoms. The summed E-state index contributed by atoms with van der Waals surface area (Å²) in [5, 5.41) is 12.4. The predicted octanol–water partition coefficient (Wildman–Crippen LogP) is 6.06. The fourth-order valence-corrected chi connectivity index (χ4v) is 5.74. The first-order chi connectivity index (χ1) is 16.5. The zero-order chi connectivity index (χ0) is 25.8. The maximum absolute atomic E-state index is 12.4. The number of carboxylic acid groups (broad SMARTS) is 1. The molecule has 0 unspecified atom stereocenters. The molecule has 35 heavy (non-hydrogen) atoms. The van der Waals surface area contributed by atoms with Gasteiger partial charge in [-0.15, -0.1) is 22.7 Å². The number of halogens is 1. The number of thiophene rings is 2. The van der Waals surface area contributed by atoms with Gasteiger partial charge in [0.25, 0.3) is 0 Å². The number of anilines is 1. The van der Waals surface area contributed by atoms with Gasteiger partial charge in [-0.1, -0.05) is 12.1 Å². The lowest BCUT2D eigenvalue weighted by Gasteiger charge is -2.19. The van der Waals surface area contributed by atoms with Crippen LogP contribution >= 0.6 is 38.6 Å². The van der Waals surface area contributed by atoms with Crippen molar-refractivity contribution in [2.45, 2.75) is 32.9 Å².